The molecule has 24 heavy (non-hydrogen) atoms. The third-order valence-corrected chi connectivity index (χ3v) is 3.80. The number of amides is 1. The Balaban J connectivity index is 2.87. The molecule has 1 aromatic carbocycles. The highest BCUT2D eigenvalue weighted by atomic mass is 32.2. The number of primary sulfonamides is 1. The van der Waals surface area contributed by atoms with Gasteiger partial charge in [0.2, 0.25) is 10.0 Å². The molecule has 0 unspecified atom stereocenters. The van der Waals surface area contributed by atoms with Gasteiger partial charge in [0, 0.05) is 6.42 Å². The Morgan fingerprint density at radius 2 is 1.75 bits per heavy atom. The van der Waals surface area contributed by atoms with E-state index in [1.165, 1.54) is 31.4 Å². The van der Waals surface area contributed by atoms with Gasteiger partial charge < -0.3 is 14.8 Å². The van der Waals surface area contributed by atoms with E-state index in [0.717, 1.165) is 0 Å². The minimum atomic E-state index is -3.79. The van der Waals surface area contributed by atoms with Crippen molar-refractivity contribution in [1.29, 1.82) is 0 Å². The van der Waals surface area contributed by atoms with Crippen molar-refractivity contribution in [2.24, 2.45) is 5.14 Å². The summed E-state index contributed by atoms with van der Waals surface area (Å²) in [5.74, 6) is -0.642. The maximum absolute atomic E-state index is 11.8. The van der Waals surface area contributed by atoms with Crippen molar-refractivity contribution >= 4 is 22.1 Å². The number of methoxy groups -OCH3 is 1. The Labute approximate surface area is 141 Å². The summed E-state index contributed by atoms with van der Waals surface area (Å²) in [6, 6.07) is 4.70. The zero-order chi connectivity index (χ0) is 18.5. The predicted octanol–water partition coefficient (Wildman–Crippen LogP) is 0.943. The highest BCUT2D eigenvalue weighted by Gasteiger charge is 2.25. The number of sulfonamides is 1. The van der Waals surface area contributed by atoms with E-state index < -0.39 is 33.7 Å². The van der Waals surface area contributed by atoms with Gasteiger partial charge in [0.15, 0.2) is 0 Å². The topological polar surface area (TPSA) is 125 Å². The summed E-state index contributed by atoms with van der Waals surface area (Å²) in [6.45, 7) is 5.10. The molecule has 3 N–H and O–H groups in total. The molecule has 0 heterocycles. The van der Waals surface area contributed by atoms with Crippen molar-refractivity contribution in [2.45, 2.75) is 43.7 Å². The fourth-order valence-electron chi connectivity index (χ4n) is 1.84. The monoisotopic (exact) mass is 358 g/mol. The number of nitrogens with two attached hydrogens (primary N) is 1. The van der Waals surface area contributed by atoms with Gasteiger partial charge in [0.05, 0.1) is 12.0 Å². The number of hydrogen-bond donors (Lipinski definition) is 2. The smallest absolute Gasteiger partial charge is 0.408 e. The van der Waals surface area contributed by atoms with Gasteiger partial charge in [-0.05, 0) is 38.5 Å². The molecule has 8 nitrogen and oxygen atoms in total. The molecule has 0 spiro atoms. The molecular formula is C15H22N2O6S. The number of benzene rings is 1. The third kappa shape index (κ3) is 6.55. The normalized spacial score (nSPS) is 13.0. The van der Waals surface area contributed by atoms with Crippen molar-refractivity contribution in [2.75, 3.05) is 7.11 Å². The second-order valence-electron chi connectivity index (χ2n) is 6.12. The van der Waals surface area contributed by atoms with Crippen LogP contribution in [0.4, 0.5) is 4.79 Å². The second-order valence-corrected chi connectivity index (χ2v) is 7.68. The molecule has 0 saturated carbocycles. The van der Waals surface area contributed by atoms with Gasteiger partial charge in [-0.3, -0.25) is 0 Å². The first-order valence-corrected chi connectivity index (χ1v) is 8.66. The standard InChI is InChI=1S/C15H22N2O6S/c1-15(2,3)23-14(19)17-12(13(18)22-4)9-10-5-7-11(8-6-10)24(16,20)21/h5-8,12H,9H2,1-4H3,(H,17,19)(H2,16,20,21)/t12-/m0/s1. The maximum Gasteiger partial charge on any atom is 0.408 e. The number of nitrogens with one attached hydrogen (secondary N) is 1. The number of alkyl carbamates (subject to hydrolysis) is 1. The Hall–Kier alpha value is -2.13. The summed E-state index contributed by atoms with van der Waals surface area (Å²) in [7, 11) is -2.59. The third-order valence-electron chi connectivity index (χ3n) is 2.87. The molecule has 0 aliphatic rings. The van der Waals surface area contributed by atoms with Crippen LogP contribution in [0.5, 0.6) is 0 Å². The molecule has 1 aromatic rings. The summed E-state index contributed by atoms with van der Waals surface area (Å²) in [4.78, 5) is 23.6. The van der Waals surface area contributed by atoms with Gasteiger partial charge in [-0.15, -0.1) is 0 Å². The maximum atomic E-state index is 11.8. The van der Waals surface area contributed by atoms with Gasteiger partial charge >= 0.3 is 12.1 Å². The van der Waals surface area contributed by atoms with Gasteiger partial charge in [-0.25, -0.2) is 23.1 Å². The first-order valence-electron chi connectivity index (χ1n) is 7.11. The molecule has 0 aromatic heterocycles. The summed E-state index contributed by atoms with van der Waals surface area (Å²) in [5, 5.41) is 7.47. The number of rotatable bonds is 5. The molecule has 0 aliphatic carbocycles. The van der Waals surface area contributed by atoms with Gasteiger partial charge in [-0.2, -0.15) is 0 Å². The Bertz CT molecular complexity index is 692. The second kappa shape index (κ2) is 7.63. The van der Waals surface area contributed by atoms with Crippen molar-refractivity contribution in [1.82, 2.24) is 5.32 Å². The summed E-state index contributed by atoms with van der Waals surface area (Å²) < 4.78 is 32.2. The summed E-state index contributed by atoms with van der Waals surface area (Å²) >= 11 is 0. The molecule has 0 radical (unpaired) electrons. The molecular weight excluding hydrogens is 336 g/mol. The van der Waals surface area contributed by atoms with Crippen LogP contribution >= 0.6 is 0 Å². The Morgan fingerprint density at radius 1 is 1.21 bits per heavy atom. The first-order chi connectivity index (χ1) is 10.9. The minimum Gasteiger partial charge on any atom is -0.467 e. The minimum absolute atomic E-state index is 0.0408. The van der Waals surface area contributed by atoms with E-state index in [-0.39, 0.29) is 11.3 Å². The van der Waals surface area contributed by atoms with Crippen molar-refractivity contribution in [3.05, 3.63) is 29.8 Å². The number of hydrogen-bond acceptors (Lipinski definition) is 6. The van der Waals surface area contributed by atoms with Crippen LogP contribution in [-0.2, 0) is 30.7 Å². The van der Waals surface area contributed by atoms with Crippen LogP contribution in [0.25, 0.3) is 0 Å². The molecule has 134 valence electrons. The number of carbonyl (C=O) groups is 2. The predicted molar refractivity (Wildman–Crippen MR) is 86.7 cm³/mol. The zero-order valence-corrected chi connectivity index (χ0v) is 14.8. The van der Waals surface area contributed by atoms with Crippen LogP contribution in [-0.4, -0.2) is 39.2 Å². The van der Waals surface area contributed by atoms with Gasteiger partial charge in [-0.1, -0.05) is 12.1 Å². The van der Waals surface area contributed by atoms with Crippen molar-refractivity contribution < 1.29 is 27.5 Å². The average Bonchev–Trinajstić information content (AvgIpc) is 2.43. The van der Waals surface area contributed by atoms with Crippen LogP contribution in [0.2, 0.25) is 0 Å². The zero-order valence-electron chi connectivity index (χ0n) is 14.0. The highest BCUT2D eigenvalue weighted by Crippen LogP contribution is 2.12. The average molecular weight is 358 g/mol. The van der Waals surface area contributed by atoms with Crippen LogP contribution in [0.15, 0.2) is 29.2 Å². The summed E-state index contributed by atoms with van der Waals surface area (Å²) in [5.41, 5.74) is -0.0871. The molecule has 9 heteroatoms. The molecule has 0 fully saturated rings. The van der Waals surface area contributed by atoms with E-state index in [9.17, 15) is 18.0 Å². The molecule has 1 rings (SSSR count). The SMILES string of the molecule is COC(=O)[C@H](Cc1ccc(S(N)(=O)=O)cc1)NC(=O)OC(C)(C)C. The van der Waals surface area contributed by atoms with Crippen LogP contribution in [0.1, 0.15) is 26.3 Å². The number of esters is 1. The lowest BCUT2D eigenvalue weighted by atomic mass is 10.1. The van der Waals surface area contributed by atoms with Crippen molar-refractivity contribution in [3.8, 4) is 0 Å². The Kier molecular flexibility index (Phi) is 6.33. The van der Waals surface area contributed by atoms with Gasteiger partial charge in [0.1, 0.15) is 11.6 Å². The number of ether oxygens (including phenoxy) is 2. The largest absolute Gasteiger partial charge is 0.467 e. The van der Waals surface area contributed by atoms with E-state index >= 15 is 0 Å². The fraction of sp³-hybridized carbons (Fsp3) is 0.467. The lowest BCUT2D eigenvalue weighted by Crippen LogP contribution is -2.45. The van der Waals surface area contributed by atoms with E-state index in [1.54, 1.807) is 20.8 Å². The first kappa shape index (κ1) is 19.9. The van der Waals surface area contributed by atoms with Crippen LogP contribution < -0.4 is 10.5 Å². The molecule has 0 bridgehead atoms. The number of carbonyl (C=O) groups excluding carboxylic acids is 2. The Morgan fingerprint density at radius 3 is 2.17 bits per heavy atom. The van der Waals surface area contributed by atoms with E-state index in [0.29, 0.717) is 5.56 Å². The van der Waals surface area contributed by atoms with E-state index in [2.05, 4.69) is 10.1 Å². The van der Waals surface area contributed by atoms with Crippen molar-refractivity contribution in [3.63, 3.8) is 0 Å². The quantitative estimate of drug-likeness (QED) is 0.755. The molecule has 0 saturated heterocycles. The van der Waals surface area contributed by atoms with Gasteiger partial charge in [0.25, 0.3) is 0 Å². The summed E-state index contributed by atoms with van der Waals surface area (Å²) in [6.07, 6.45) is -0.643. The molecule has 1 amide bonds. The fourth-order valence-corrected chi connectivity index (χ4v) is 2.35. The lowest BCUT2D eigenvalue weighted by molar-refractivity contribution is -0.143. The molecule has 0 aliphatic heterocycles. The van der Waals surface area contributed by atoms with Crippen LogP contribution in [0.3, 0.4) is 0 Å². The van der Waals surface area contributed by atoms with E-state index in [1.807, 2.05) is 0 Å². The van der Waals surface area contributed by atoms with E-state index in [4.69, 9.17) is 9.88 Å². The highest BCUT2D eigenvalue weighted by molar-refractivity contribution is 7.89. The lowest BCUT2D eigenvalue weighted by Gasteiger charge is -2.22. The molecule has 1 atom stereocenters. The van der Waals surface area contributed by atoms with Crippen LogP contribution in [0, 0.1) is 0 Å².